The van der Waals surface area contributed by atoms with Crippen molar-refractivity contribution in [1.29, 1.82) is 0 Å². The van der Waals surface area contributed by atoms with Crippen molar-refractivity contribution >= 4 is 16.7 Å². The monoisotopic (exact) mass is 211 g/mol. The van der Waals surface area contributed by atoms with Crippen LogP contribution in [0, 0.1) is 0 Å². The molecule has 0 saturated heterocycles. The van der Waals surface area contributed by atoms with E-state index in [0.29, 0.717) is 5.69 Å². The van der Waals surface area contributed by atoms with Crippen LogP contribution in [0.1, 0.15) is 0 Å². The van der Waals surface area contributed by atoms with Gasteiger partial charge in [0.25, 0.3) is 0 Å². The fourth-order valence-electron chi connectivity index (χ4n) is 1.52. The number of nitrogen functional groups attached to an aromatic ring is 1. The molecule has 0 aliphatic heterocycles. The second kappa shape index (κ2) is 3.30. The van der Waals surface area contributed by atoms with Gasteiger partial charge in [-0.25, -0.2) is 0 Å². The second-order valence-corrected chi connectivity index (χ2v) is 3.45. The van der Waals surface area contributed by atoms with Crippen LogP contribution in [-0.4, -0.2) is 20.0 Å². The maximum absolute atomic E-state index is 5.68. The molecule has 0 aliphatic carbocycles. The van der Waals surface area contributed by atoms with Crippen LogP contribution < -0.4 is 5.73 Å². The Bertz CT molecular complexity index is 629. The molecule has 16 heavy (non-hydrogen) atoms. The van der Waals surface area contributed by atoms with Crippen LogP contribution in [0.5, 0.6) is 0 Å². The Balaban J connectivity index is 2.19. The van der Waals surface area contributed by atoms with Gasteiger partial charge in [-0.1, -0.05) is 0 Å². The van der Waals surface area contributed by atoms with Crippen LogP contribution in [0.4, 0.5) is 5.69 Å². The molecule has 3 aromatic rings. The summed E-state index contributed by atoms with van der Waals surface area (Å²) in [7, 11) is 0. The number of nitrogens with zero attached hydrogens (tertiary/aromatic N) is 4. The molecule has 2 heterocycles. The maximum atomic E-state index is 5.68. The fraction of sp³-hybridized carbons (Fsp3) is 0. The van der Waals surface area contributed by atoms with E-state index in [9.17, 15) is 0 Å². The number of nitrogens with two attached hydrogens (primary N) is 1. The highest BCUT2D eigenvalue weighted by Crippen LogP contribution is 2.14. The lowest BCUT2D eigenvalue weighted by Crippen LogP contribution is -1.98. The van der Waals surface area contributed by atoms with Gasteiger partial charge in [0.15, 0.2) is 0 Å². The van der Waals surface area contributed by atoms with E-state index in [4.69, 9.17) is 5.73 Å². The van der Waals surface area contributed by atoms with Gasteiger partial charge >= 0.3 is 0 Å². The van der Waals surface area contributed by atoms with Crippen molar-refractivity contribution in [2.75, 3.05) is 5.73 Å². The van der Waals surface area contributed by atoms with Gasteiger partial charge in [-0.3, -0.25) is 4.98 Å². The molecular weight excluding hydrogens is 202 g/mol. The Morgan fingerprint density at radius 2 is 1.94 bits per heavy atom. The van der Waals surface area contributed by atoms with E-state index >= 15 is 0 Å². The number of rotatable bonds is 1. The van der Waals surface area contributed by atoms with Crippen molar-refractivity contribution in [2.45, 2.75) is 0 Å². The zero-order chi connectivity index (χ0) is 11.0. The van der Waals surface area contributed by atoms with Gasteiger partial charge in [0, 0.05) is 11.9 Å². The normalized spacial score (nSPS) is 10.8. The smallest absolute Gasteiger partial charge is 0.115 e. The molecular formula is C11H9N5. The number of hydrogen-bond acceptors (Lipinski definition) is 4. The van der Waals surface area contributed by atoms with Gasteiger partial charge in [-0.05, 0) is 30.3 Å². The van der Waals surface area contributed by atoms with Crippen molar-refractivity contribution in [3.63, 3.8) is 0 Å². The fourth-order valence-corrected chi connectivity index (χ4v) is 1.52. The minimum Gasteiger partial charge on any atom is -0.399 e. The zero-order valence-corrected chi connectivity index (χ0v) is 8.41. The lowest BCUT2D eigenvalue weighted by Gasteiger charge is -1.95. The van der Waals surface area contributed by atoms with Crippen molar-refractivity contribution in [2.24, 2.45) is 0 Å². The first-order valence-corrected chi connectivity index (χ1v) is 4.86. The molecule has 0 spiro atoms. The Morgan fingerprint density at radius 3 is 2.75 bits per heavy atom. The number of anilines is 1. The Kier molecular flexibility index (Phi) is 1.83. The number of benzene rings is 1. The molecule has 0 fully saturated rings. The first kappa shape index (κ1) is 8.84. The summed E-state index contributed by atoms with van der Waals surface area (Å²) in [4.78, 5) is 5.58. The predicted octanol–water partition coefficient (Wildman–Crippen LogP) is 1.40. The molecule has 2 aromatic heterocycles. The van der Waals surface area contributed by atoms with Crippen molar-refractivity contribution < 1.29 is 0 Å². The molecule has 3 rings (SSSR count). The highest BCUT2D eigenvalue weighted by molar-refractivity contribution is 5.77. The first-order valence-electron chi connectivity index (χ1n) is 4.86. The molecule has 0 amide bonds. The van der Waals surface area contributed by atoms with Crippen LogP contribution in [0.2, 0.25) is 0 Å². The van der Waals surface area contributed by atoms with Crippen LogP contribution in [-0.2, 0) is 0 Å². The van der Waals surface area contributed by atoms with Gasteiger partial charge in [0.05, 0.1) is 6.20 Å². The third kappa shape index (κ3) is 1.38. The molecule has 78 valence electrons. The summed E-state index contributed by atoms with van der Waals surface area (Å²) in [6, 6.07) is 9.21. The van der Waals surface area contributed by atoms with Crippen LogP contribution in [0.3, 0.4) is 0 Å². The van der Waals surface area contributed by atoms with Crippen molar-refractivity contribution in [1.82, 2.24) is 20.0 Å². The summed E-state index contributed by atoms with van der Waals surface area (Å²) in [5.41, 5.74) is 8.80. The van der Waals surface area contributed by atoms with Gasteiger partial charge in [0.1, 0.15) is 16.7 Å². The van der Waals surface area contributed by atoms with Crippen molar-refractivity contribution in [3.05, 3.63) is 42.7 Å². The third-order valence-corrected chi connectivity index (χ3v) is 2.28. The summed E-state index contributed by atoms with van der Waals surface area (Å²) >= 11 is 0. The van der Waals surface area contributed by atoms with E-state index in [0.717, 1.165) is 16.7 Å². The topological polar surface area (TPSA) is 69.6 Å². The standard InChI is InChI=1S/C11H9N5/c12-8-3-4-10-11(6-8)15-16(14-10)9-2-1-5-13-7-9/h1-7H,12H2. The third-order valence-electron chi connectivity index (χ3n) is 2.28. The molecule has 0 aliphatic rings. The second-order valence-electron chi connectivity index (χ2n) is 3.45. The lowest BCUT2D eigenvalue weighted by atomic mass is 10.3. The number of fused-ring (bicyclic) bond motifs is 1. The average Bonchev–Trinajstić information content (AvgIpc) is 2.73. The minimum atomic E-state index is 0.686. The number of aromatic nitrogens is 4. The van der Waals surface area contributed by atoms with Gasteiger partial charge in [-0.15, -0.1) is 15.0 Å². The lowest BCUT2D eigenvalue weighted by molar-refractivity contribution is 0.762. The molecule has 0 bridgehead atoms. The van der Waals surface area contributed by atoms with E-state index in [1.54, 1.807) is 23.3 Å². The van der Waals surface area contributed by atoms with Gasteiger partial charge < -0.3 is 5.73 Å². The molecule has 0 atom stereocenters. The molecule has 5 heteroatoms. The average molecular weight is 211 g/mol. The van der Waals surface area contributed by atoms with Crippen molar-refractivity contribution in [3.8, 4) is 5.69 Å². The number of pyridine rings is 1. The number of hydrogen-bond donors (Lipinski definition) is 1. The highest BCUT2D eigenvalue weighted by atomic mass is 15.5. The molecule has 2 N–H and O–H groups in total. The van der Waals surface area contributed by atoms with Crippen LogP contribution >= 0.6 is 0 Å². The summed E-state index contributed by atoms with van der Waals surface area (Å²) in [6.45, 7) is 0. The molecule has 0 radical (unpaired) electrons. The quantitative estimate of drug-likeness (QED) is 0.617. The Hall–Kier alpha value is -2.43. The maximum Gasteiger partial charge on any atom is 0.115 e. The molecule has 5 nitrogen and oxygen atoms in total. The molecule has 0 unspecified atom stereocenters. The first-order chi connectivity index (χ1) is 7.83. The van der Waals surface area contributed by atoms with E-state index in [-0.39, 0.29) is 0 Å². The minimum absolute atomic E-state index is 0.686. The largest absolute Gasteiger partial charge is 0.399 e. The van der Waals surface area contributed by atoms with E-state index in [2.05, 4.69) is 15.2 Å². The predicted molar refractivity (Wildman–Crippen MR) is 61.1 cm³/mol. The highest BCUT2D eigenvalue weighted by Gasteiger charge is 2.04. The molecule has 0 saturated carbocycles. The van der Waals surface area contributed by atoms with Gasteiger partial charge in [-0.2, -0.15) is 0 Å². The summed E-state index contributed by atoms with van der Waals surface area (Å²) in [6.07, 6.45) is 3.42. The van der Waals surface area contributed by atoms with Crippen LogP contribution in [0.25, 0.3) is 16.7 Å². The summed E-state index contributed by atoms with van der Waals surface area (Å²) < 4.78 is 0. The summed E-state index contributed by atoms with van der Waals surface area (Å²) in [5, 5.41) is 8.66. The van der Waals surface area contributed by atoms with Gasteiger partial charge in [0.2, 0.25) is 0 Å². The zero-order valence-electron chi connectivity index (χ0n) is 8.41. The van der Waals surface area contributed by atoms with E-state index < -0.39 is 0 Å². The summed E-state index contributed by atoms with van der Waals surface area (Å²) in [5.74, 6) is 0. The molecule has 1 aromatic carbocycles. The Labute approximate surface area is 91.5 Å². The van der Waals surface area contributed by atoms with Crippen LogP contribution in [0.15, 0.2) is 42.7 Å². The van der Waals surface area contributed by atoms with E-state index in [1.165, 1.54) is 0 Å². The van der Waals surface area contributed by atoms with E-state index in [1.807, 2.05) is 24.3 Å². The SMILES string of the molecule is Nc1ccc2nn(-c3cccnc3)nc2c1. The Morgan fingerprint density at radius 1 is 1.06 bits per heavy atom.